The second-order valence-electron chi connectivity index (χ2n) is 4.56. The van der Waals surface area contributed by atoms with E-state index in [1.54, 1.807) is 31.4 Å². The smallest absolute Gasteiger partial charge is 0.234 e. The summed E-state index contributed by atoms with van der Waals surface area (Å²) < 4.78 is 5.07. The van der Waals surface area contributed by atoms with E-state index in [0.717, 1.165) is 5.75 Å². The van der Waals surface area contributed by atoms with Crippen molar-refractivity contribution in [3.05, 3.63) is 30.6 Å². The molecule has 1 amide bonds. The molecule has 118 valence electrons. The Morgan fingerprint density at radius 1 is 1.35 bits per heavy atom. The fraction of sp³-hybridized carbons (Fsp3) is 0.143. The monoisotopic (exact) mass is 330 g/mol. The zero-order chi connectivity index (χ0) is 16.2. The molecule has 4 N–H and O–H groups in total. The number of nitrogen functional groups attached to an aromatic ring is 1. The zero-order valence-electron chi connectivity index (χ0n) is 12.2. The van der Waals surface area contributed by atoms with Gasteiger partial charge < -0.3 is 20.8 Å². The summed E-state index contributed by atoms with van der Waals surface area (Å²) in [5, 5.41) is 3.37. The van der Waals surface area contributed by atoms with Gasteiger partial charge in [-0.2, -0.15) is 0 Å². The molecule has 0 aliphatic rings. The number of nitrogens with zero attached hydrogens (tertiary/aromatic N) is 3. The number of thioether (sulfide) groups is 1. The largest absolute Gasteiger partial charge is 0.497 e. The first kappa shape index (κ1) is 15.1. The van der Waals surface area contributed by atoms with E-state index in [-0.39, 0.29) is 11.7 Å². The van der Waals surface area contributed by atoms with Gasteiger partial charge in [0, 0.05) is 5.69 Å². The highest BCUT2D eigenvalue weighted by atomic mass is 32.2. The number of aromatic nitrogens is 4. The Morgan fingerprint density at radius 2 is 2.13 bits per heavy atom. The number of amides is 1. The van der Waals surface area contributed by atoms with Gasteiger partial charge in [0.15, 0.2) is 16.6 Å². The molecule has 0 bridgehead atoms. The number of carbonyl (C=O) groups is 1. The number of H-pyrrole nitrogens is 1. The van der Waals surface area contributed by atoms with Gasteiger partial charge in [-0.3, -0.25) is 4.79 Å². The van der Waals surface area contributed by atoms with Crippen molar-refractivity contribution in [3.8, 4) is 5.75 Å². The molecule has 0 aliphatic carbocycles. The number of hydrogen-bond donors (Lipinski definition) is 3. The molecule has 8 nitrogen and oxygen atoms in total. The van der Waals surface area contributed by atoms with Crippen molar-refractivity contribution in [1.82, 2.24) is 19.9 Å². The van der Waals surface area contributed by atoms with E-state index in [1.807, 2.05) is 0 Å². The molecule has 1 aromatic carbocycles. The lowest BCUT2D eigenvalue weighted by atomic mass is 10.3. The van der Waals surface area contributed by atoms with Crippen LogP contribution >= 0.6 is 11.8 Å². The van der Waals surface area contributed by atoms with Crippen molar-refractivity contribution in [2.24, 2.45) is 0 Å². The third kappa shape index (κ3) is 3.51. The van der Waals surface area contributed by atoms with Crippen LogP contribution in [0.5, 0.6) is 5.75 Å². The quantitative estimate of drug-likeness (QED) is 0.609. The average molecular weight is 330 g/mol. The summed E-state index contributed by atoms with van der Waals surface area (Å²) in [5.41, 5.74) is 7.49. The third-order valence-electron chi connectivity index (χ3n) is 3.01. The van der Waals surface area contributed by atoms with Crippen LogP contribution in [0.1, 0.15) is 0 Å². The normalized spacial score (nSPS) is 10.7. The number of ether oxygens (including phenoxy) is 1. The van der Waals surface area contributed by atoms with Gasteiger partial charge in [-0.1, -0.05) is 11.8 Å². The molecule has 0 saturated heterocycles. The van der Waals surface area contributed by atoms with E-state index >= 15 is 0 Å². The number of imidazole rings is 1. The Labute approximate surface area is 135 Å². The SMILES string of the molecule is COc1ccc(NC(=O)CSc2nc3ncnc(N)c3[nH]2)cc1. The molecule has 3 aromatic rings. The van der Waals surface area contributed by atoms with Crippen molar-refractivity contribution in [2.75, 3.05) is 23.9 Å². The summed E-state index contributed by atoms with van der Waals surface area (Å²) in [5.74, 6) is 1.13. The topological polar surface area (TPSA) is 119 Å². The predicted molar refractivity (Wildman–Crippen MR) is 88.4 cm³/mol. The van der Waals surface area contributed by atoms with E-state index < -0.39 is 0 Å². The molecule has 3 rings (SSSR count). The van der Waals surface area contributed by atoms with Crippen LogP contribution in [-0.2, 0) is 4.79 Å². The molecular formula is C14H14N6O2S. The number of anilines is 2. The maximum absolute atomic E-state index is 12.0. The molecule has 0 atom stereocenters. The Balaban J connectivity index is 1.60. The molecule has 0 fully saturated rings. The molecule has 0 aliphatic heterocycles. The van der Waals surface area contributed by atoms with Gasteiger partial charge in [-0.25, -0.2) is 15.0 Å². The summed E-state index contributed by atoms with van der Waals surface area (Å²) in [6, 6.07) is 7.12. The minimum Gasteiger partial charge on any atom is -0.497 e. The van der Waals surface area contributed by atoms with E-state index in [9.17, 15) is 4.79 Å². The van der Waals surface area contributed by atoms with Crippen molar-refractivity contribution >= 4 is 40.3 Å². The molecule has 2 aromatic heterocycles. The number of nitrogens with two attached hydrogens (primary N) is 1. The number of rotatable bonds is 5. The zero-order valence-corrected chi connectivity index (χ0v) is 13.1. The summed E-state index contributed by atoms with van der Waals surface area (Å²) in [6.45, 7) is 0. The van der Waals surface area contributed by atoms with Gasteiger partial charge in [-0.15, -0.1) is 0 Å². The number of benzene rings is 1. The van der Waals surface area contributed by atoms with Gasteiger partial charge in [0.25, 0.3) is 0 Å². The first-order chi connectivity index (χ1) is 11.2. The predicted octanol–water partition coefficient (Wildman–Crippen LogP) is 1.67. The van der Waals surface area contributed by atoms with Gasteiger partial charge in [-0.05, 0) is 24.3 Å². The number of carbonyl (C=O) groups excluding carboxylic acids is 1. The Hall–Kier alpha value is -2.81. The Morgan fingerprint density at radius 3 is 2.83 bits per heavy atom. The maximum atomic E-state index is 12.0. The van der Waals surface area contributed by atoms with Crippen molar-refractivity contribution < 1.29 is 9.53 Å². The second kappa shape index (κ2) is 6.53. The number of nitrogens with one attached hydrogen (secondary N) is 2. The number of hydrogen-bond acceptors (Lipinski definition) is 7. The van der Waals surface area contributed by atoms with Crippen LogP contribution < -0.4 is 15.8 Å². The molecule has 9 heteroatoms. The summed E-state index contributed by atoms with van der Waals surface area (Å²) >= 11 is 1.26. The van der Waals surface area contributed by atoms with Gasteiger partial charge in [0.1, 0.15) is 17.6 Å². The minimum atomic E-state index is -0.139. The molecule has 2 heterocycles. The molecule has 23 heavy (non-hydrogen) atoms. The van der Waals surface area contributed by atoms with E-state index in [4.69, 9.17) is 10.5 Å². The van der Waals surface area contributed by atoms with Gasteiger partial charge in [0.2, 0.25) is 5.91 Å². The fourth-order valence-corrected chi connectivity index (χ4v) is 2.56. The van der Waals surface area contributed by atoms with Crippen LogP contribution in [0.2, 0.25) is 0 Å². The maximum Gasteiger partial charge on any atom is 0.234 e. The Kier molecular flexibility index (Phi) is 4.29. The van der Waals surface area contributed by atoms with E-state index in [0.29, 0.717) is 27.8 Å². The summed E-state index contributed by atoms with van der Waals surface area (Å²) in [7, 11) is 1.59. The molecule has 0 unspecified atom stereocenters. The van der Waals surface area contributed by atoms with Crippen LogP contribution in [-0.4, -0.2) is 38.7 Å². The average Bonchev–Trinajstić information content (AvgIpc) is 2.98. The summed E-state index contributed by atoms with van der Waals surface area (Å²) in [6.07, 6.45) is 1.35. The Bertz CT molecular complexity index is 833. The number of methoxy groups -OCH3 is 1. The second-order valence-corrected chi connectivity index (χ2v) is 5.53. The fourth-order valence-electron chi connectivity index (χ4n) is 1.90. The van der Waals surface area contributed by atoms with Crippen LogP contribution in [0.15, 0.2) is 35.7 Å². The van der Waals surface area contributed by atoms with Crippen LogP contribution in [0, 0.1) is 0 Å². The number of fused-ring (bicyclic) bond motifs is 1. The molecule has 0 spiro atoms. The first-order valence-corrected chi connectivity index (χ1v) is 7.67. The lowest BCUT2D eigenvalue weighted by Gasteiger charge is -2.05. The van der Waals surface area contributed by atoms with Gasteiger partial charge >= 0.3 is 0 Å². The standard InChI is InChI=1S/C14H14N6O2S/c1-22-9-4-2-8(3-5-9)18-10(21)6-23-14-19-11-12(15)16-7-17-13(11)20-14/h2-5,7H,6H2,1H3,(H,18,21)(H3,15,16,17,19,20). The molecular weight excluding hydrogens is 316 g/mol. The minimum absolute atomic E-state index is 0.139. The molecule has 0 radical (unpaired) electrons. The van der Waals surface area contributed by atoms with E-state index in [2.05, 4.69) is 25.3 Å². The van der Waals surface area contributed by atoms with Crippen LogP contribution in [0.25, 0.3) is 11.2 Å². The van der Waals surface area contributed by atoms with Crippen molar-refractivity contribution in [2.45, 2.75) is 5.16 Å². The lowest BCUT2D eigenvalue weighted by Crippen LogP contribution is -2.14. The van der Waals surface area contributed by atoms with Crippen molar-refractivity contribution in [1.29, 1.82) is 0 Å². The van der Waals surface area contributed by atoms with Gasteiger partial charge in [0.05, 0.1) is 12.9 Å². The highest BCUT2D eigenvalue weighted by Crippen LogP contribution is 2.21. The van der Waals surface area contributed by atoms with Crippen LogP contribution in [0.4, 0.5) is 11.5 Å². The van der Waals surface area contributed by atoms with Crippen LogP contribution in [0.3, 0.4) is 0 Å². The number of aromatic amines is 1. The molecule has 0 saturated carbocycles. The summed E-state index contributed by atoms with van der Waals surface area (Å²) in [4.78, 5) is 27.1. The highest BCUT2D eigenvalue weighted by molar-refractivity contribution is 7.99. The third-order valence-corrected chi connectivity index (χ3v) is 3.88. The van der Waals surface area contributed by atoms with Crippen molar-refractivity contribution in [3.63, 3.8) is 0 Å². The lowest BCUT2D eigenvalue weighted by molar-refractivity contribution is -0.113. The highest BCUT2D eigenvalue weighted by Gasteiger charge is 2.10. The van der Waals surface area contributed by atoms with E-state index in [1.165, 1.54) is 18.1 Å². The first-order valence-electron chi connectivity index (χ1n) is 6.68.